The van der Waals surface area contributed by atoms with Crippen LogP contribution >= 0.6 is 36.4 Å². The van der Waals surface area contributed by atoms with E-state index in [9.17, 15) is 4.79 Å². The molecule has 0 atom stereocenters. The number of hydrogen-bond donors (Lipinski definition) is 1. The molecule has 0 bridgehead atoms. The summed E-state index contributed by atoms with van der Waals surface area (Å²) < 4.78 is 5.24. The van der Waals surface area contributed by atoms with Crippen molar-refractivity contribution in [3.05, 3.63) is 58.5 Å². The minimum absolute atomic E-state index is 0. The number of nitrogens with two attached hydrogens (primary N) is 1. The van der Waals surface area contributed by atoms with Crippen LogP contribution in [0.25, 0.3) is 0 Å². The molecule has 1 amide bonds. The van der Waals surface area contributed by atoms with Gasteiger partial charge in [0.05, 0.1) is 12.1 Å². The van der Waals surface area contributed by atoms with Crippen LogP contribution in [0, 0.1) is 0 Å². The molecule has 3 rings (SSSR count). The number of piperazine rings is 1. The van der Waals surface area contributed by atoms with E-state index in [-0.39, 0.29) is 30.7 Å². The first-order valence-electron chi connectivity index (χ1n) is 7.69. The Balaban J connectivity index is 0.00000156. The largest absolute Gasteiger partial charge is 0.467 e. The summed E-state index contributed by atoms with van der Waals surface area (Å²) >= 11 is 6.02. The number of furan rings is 1. The fourth-order valence-electron chi connectivity index (χ4n) is 2.79. The van der Waals surface area contributed by atoms with Gasteiger partial charge in [0.1, 0.15) is 12.0 Å². The number of amides is 1. The molecule has 2 aromatic rings. The van der Waals surface area contributed by atoms with Crippen LogP contribution in [-0.2, 0) is 13.1 Å². The van der Waals surface area contributed by atoms with Gasteiger partial charge in [-0.3, -0.25) is 9.69 Å². The van der Waals surface area contributed by atoms with Gasteiger partial charge >= 0.3 is 0 Å². The number of carbonyl (C=O) groups excluding carboxylic acids is 1. The number of nitrogens with zero attached hydrogens (tertiary/aromatic N) is 2. The van der Waals surface area contributed by atoms with Gasteiger partial charge in [0, 0.05) is 37.7 Å². The number of carbonyl (C=O) groups is 1. The minimum Gasteiger partial charge on any atom is -0.467 e. The van der Waals surface area contributed by atoms with Gasteiger partial charge in [-0.1, -0.05) is 23.7 Å². The Bertz CT molecular complexity index is 685. The van der Waals surface area contributed by atoms with Crippen LogP contribution in [0.3, 0.4) is 0 Å². The number of rotatable bonds is 4. The van der Waals surface area contributed by atoms with Crippen LogP contribution < -0.4 is 5.73 Å². The van der Waals surface area contributed by atoms with Gasteiger partial charge in [-0.05, 0) is 23.8 Å². The molecule has 0 radical (unpaired) electrons. The van der Waals surface area contributed by atoms with Crippen molar-refractivity contribution in [1.29, 1.82) is 0 Å². The van der Waals surface area contributed by atoms with Crippen molar-refractivity contribution < 1.29 is 9.21 Å². The Morgan fingerprint density at radius 2 is 1.88 bits per heavy atom. The Morgan fingerprint density at radius 3 is 2.48 bits per heavy atom. The van der Waals surface area contributed by atoms with Crippen molar-refractivity contribution in [1.82, 2.24) is 9.80 Å². The second-order valence-electron chi connectivity index (χ2n) is 5.70. The van der Waals surface area contributed by atoms with Crippen LogP contribution in [0.5, 0.6) is 0 Å². The topological polar surface area (TPSA) is 62.7 Å². The Hall–Kier alpha value is -1.24. The average molecular weight is 407 g/mol. The summed E-state index contributed by atoms with van der Waals surface area (Å²) in [5, 5.41) is 0.756. The maximum Gasteiger partial charge on any atom is 0.257 e. The van der Waals surface area contributed by atoms with Crippen LogP contribution in [0.2, 0.25) is 5.02 Å². The molecule has 2 heterocycles. The lowest BCUT2D eigenvalue weighted by molar-refractivity contribution is 0.0628. The summed E-state index contributed by atoms with van der Waals surface area (Å²) in [6, 6.07) is 9.62. The zero-order valence-corrected chi connectivity index (χ0v) is 16.1. The fourth-order valence-corrected chi connectivity index (χ4v) is 3.00. The van der Waals surface area contributed by atoms with E-state index in [2.05, 4.69) is 11.0 Å². The van der Waals surface area contributed by atoms with Crippen LogP contribution in [0.1, 0.15) is 21.7 Å². The van der Waals surface area contributed by atoms with E-state index in [1.165, 1.54) is 11.8 Å². The van der Waals surface area contributed by atoms with Gasteiger partial charge in [0.25, 0.3) is 5.91 Å². The molecule has 0 spiro atoms. The van der Waals surface area contributed by atoms with Gasteiger partial charge in [-0.25, -0.2) is 0 Å². The van der Waals surface area contributed by atoms with Gasteiger partial charge in [0.15, 0.2) is 0 Å². The summed E-state index contributed by atoms with van der Waals surface area (Å²) in [6.45, 7) is 4.27. The van der Waals surface area contributed by atoms with E-state index in [0.29, 0.717) is 31.0 Å². The van der Waals surface area contributed by atoms with Crippen LogP contribution in [0.4, 0.5) is 0 Å². The van der Waals surface area contributed by atoms with Crippen LogP contribution in [-0.4, -0.2) is 41.9 Å². The normalized spacial score (nSPS) is 14.6. The second kappa shape index (κ2) is 10.0. The highest BCUT2D eigenvalue weighted by Crippen LogP contribution is 2.16. The summed E-state index contributed by atoms with van der Waals surface area (Å²) in [5.74, 6) is 0.642. The van der Waals surface area contributed by atoms with Crippen molar-refractivity contribution in [2.75, 3.05) is 26.2 Å². The highest BCUT2D eigenvalue weighted by molar-refractivity contribution is 6.30. The SMILES string of the molecule is Cl.Cl.NCc1cc(C(=O)N2CCN(Cc3cccc(Cl)c3)CC2)co1. The molecule has 5 nitrogen and oxygen atoms in total. The molecule has 1 aromatic carbocycles. The third-order valence-electron chi connectivity index (χ3n) is 4.06. The van der Waals surface area contributed by atoms with Crippen molar-refractivity contribution >= 4 is 42.3 Å². The van der Waals surface area contributed by atoms with Crippen molar-refractivity contribution in [2.24, 2.45) is 5.73 Å². The van der Waals surface area contributed by atoms with Gasteiger partial charge < -0.3 is 15.1 Å². The quantitative estimate of drug-likeness (QED) is 0.847. The van der Waals surface area contributed by atoms with Gasteiger partial charge in [-0.2, -0.15) is 0 Å². The summed E-state index contributed by atoms with van der Waals surface area (Å²) in [5.41, 5.74) is 7.28. The molecule has 1 aliphatic rings. The number of halogens is 3. The first-order chi connectivity index (χ1) is 11.2. The maximum absolute atomic E-state index is 12.4. The molecule has 138 valence electrons. The molecule has 1 aliphatic heterocycles. The summed E-state index contributed by atoms with van der Waals surface area (Å²) in [7, 11) is 0. The zero-order valence-electron chi connectivity index (χ0n) is 13.7. The van der Waals surface area contributed by atoms with Crippen molar-refractivity contribution in [3.8, 4) is 0 Å². The number of benzene rings is 1. The van der Waals surface area contributed by atoms with E-state index in [0.717, 1.165) is 24.7 Å². The van der Waals surface area contributed by atoms with Crippen molar-refractivity contribution in [3.63, 3.8) is 0 Å². The first-order valence-corrected chi connectivity index (χ1v) is 8.07. The van der Waals surface area contributed by atoms with E-state index in [1.54, 1.807) is 6.07 Å². The summed E-state index contributed by atoms with van der Waals surface area (Å²) in [6.07, 6.45) is 1.49. The molecular weight excluding hydrogens is 385 g/mol. The first kappa shape index (κ1) is 21.8. The molecule has 2 N–H and O–H groups in total. The maximum atomic E-state index is 12.4. The number of hydrogen-bond acceptors (Lipinski definition) is 4. The molecule has 1 saturated heterocycles. The molecule has 0 aliphatic carbocycles. The summed E-state index contributed by atoms with van der Waals surface area (Å²) in [4.78, 5) is 16.6. The molecule has 0 saturated carbocycles. The Kier molecular flexibility index (Phi) is 8.76. The molecular formula is C17H22Cl3N3O2. The predicted molar refractivity (Wildman–Crippen MR) is 104 cm³/mol. The monoisotopic (exact) mass is 405 g/mol. The molecule has 0 unspecified atom stereocenters. The van der Waals surface area contributed by atoms with E-state index in [1.807, 2.05) is 23.1 Å². The third-order valence-corrected chi connectivity index (χ3v) is 4.29. The Morgan fingerprint density at radius 1 is 1.16 bits per heavy atom. The van der Waals surface area contributed by atoms with Crippen LogP contribution in [0.15, 0.2) is 41.0 Å². The molecule has 1 aromatic heterocycles. The lowest BCUT2D eigenvalue weighted by Crippen LogP contribution is -2.48. The lowest BCUT2D eigenvalue weighted by atomic mass is 10.2. The zero-order chi connectivity index (χ0) is 16.2. The average Bonchev–Trinajstić information content (AvgIpc) is 3.04. The van der Waals surface area contributed by atoms with E-state index in [4.69, 9.17) is 21.8 Å². The van der Waals surface area contributed by atoms with E-state index >= 15 is 0 Å². The smallest absolute Gasteiger partial charge is 0.257 e. The highest BCUT2D eigenvalue weighted by Gasteiger charge is 2.23. The second-order valence-corrected chi connectivity index (χ2v) is 6.14. The third kappa shape index (κ3) is 5.62. The molecule has 1 fully saturated rings. The predicted octanol–water partition coefficient (Wildman–Crippen LogP) is 3.19. The van der Waals surface area contributed by atoms with Crippen molar-refractivity contribution in [2.45, 2.75) is 13.1 Å². The molecule has 25 heavy (non-hydrogen) atoms. The fraction of sp³-hybridized carbons (Fsp3) is 0.353. The van der Waals surface area contributed by atoms with Gasteiger partial charge in [-0.15, -0.1) is 24.8 Å². The Labute approximate surface area is 164 Å². The standard InChI is InChI=1S/C17H20ClN3O2.2ClH/c18-15-3-1-2-13(8-15)11-20-4-6-21(7-5-20)17(22)14-9-16(10-19)23-12-14;;/h1-3,8-9,12H,4-7,10-11,19H2;2*1H. The lowest BCUT2D eigenvalue weighted by Gasteiger charge is -2.34. The molecule has 8 heteroatoms. The van der Waals surface area contributed by atoms with Gasteiger partial charge in [0.2, 0.25) is 0 Å². The highest BCUT2D eigenvalue weighted by atomic mass is 35.5. The van der Waals surface area contributed by atoms with E-state index < -0.39 is 0 Å². The minimum atomic E-state index is 0.